The molecule has 3 aromatic rings. The number of esters is 4. The van der Waals surface area contributed by atoms with E-state index in [2.05, 4.69) is 50.0 Å². The molecule has 0 aliphatic heterocycles. The van der Waals surface area contributed by atoms with E-state index < -0.39 is 58.1 Å². The van der Waals surface area contributed by atoms with Crippen molar-refractivity contribution in [3.63, 3.8) is 0 Å². The minimum absolute atomic E-state index is 0.127. The Labute approximate surface area is 276 Å². The molecule has 8 nitrogen and oxygen atoms in total. The van der Waals surface area contributed by atoms with Gasteiger partial charge in [-0.25, -0.2) is 28.0 Å². The maximum atomic E-state index is 16.0. The highest BCUT2D eigenvalue weighted by molar-refractivity contribution is 5.91. The molecule has 0 fully saturated rings. The predicted octanol–water partition coefficient (Wildman–Crippen LogP) is 6.69. The van der Waals surface area contributed by atoms with Gasteiger partial charge in [0.05, 0.1) is 0 Å². The van der Waals surface area contributed by atoms with Gasteiger partial charge in [0, 0.05) is 33.4 Å². The van der Waals surface area contributed by atoms with E-state index in [1.807, 2.05) is 0 Å². The Hall–Kier alpha value is -6.52. The van der Waals surface area contributed by atoms with Crippen molar-refractivity contribution in [1.82, 2.24) is 0 Å². The van der Waals surface area contributed by atoms with E-state index in [0.29, 0.717) is 0 Å². The number of carbonyl (C=O) groups excluding carboxylic acids is 4. The minimum Gasteiger partial charge on any atom is -0.423 e. The first-order chi connectivity index (χ1) is 22.6. The van der Waals surface area contributed by atoms with Crippen molar-refractivity contribution < 1.29 is 46.9 Å². The summed E-state index contributed by atoms with van der Waals surface area (Å²) in [5.74, 6) is 2.44. The fourth-order valence-corrected chi connectivity index (χ4v) is 3.29. The van der Waals surface area contributed by atoms with E-state index in [0.717, 1.165) is 0 Å². The van der Waals surface area contributed by atoms with Gasteiger partial charge in [-0.2, -0.15) is 0 Å². The molecule has 0 aromatic heterocycles. The second-order valence-electron chi connectivity index (χ2n) is 10.3. The monoisotopic (exact) mass is 650 g/mol. The third-order valence-electron chi connectivity index (χ3n) is 5.87. The summed E-state index contributed by atoms with van der Waals surface area (Å²) >= 11 is 0. The van der Waals surface area contributed by atoms with E-state index >= 15 is 8.78 Å². The summed E-state index contributed by atoms with van der Waals surface area (Å²) in [5.41, 5.74) is -0.880. The molecule has 0 spiro atoms. The average molecular weight is 651 g/mol. The van der Waals surface area contributed by atoms with Crippen LogP contribution in [0.2, 0.25) is 0 Å². The van der Waals surface area contributed by atoms with Crippen molar-refractivity contribution in [2.75, 3.05) is 0 Å². The molecule has 10 heteroatoms. The van der Waals surface area contributed by atoms with Crippen LogP contribution in [-0.4, -0.2) is 23.9 Å². The molecule has 3 aromatic carbocycles. The summed E-state index contributed by atoms with van der Waals surface area (Å²) in [6.45, 7) is 19.5. The number of ether oxygens (including phenoxy) is 4. The number of rotatable bonds is 8. The molecule has 0 atom stereocenters. The lowest BCUT2D eigenvalue weighted by Crippen LogP contribution is -2.16. The van der Waals surface area contributed by atoms with Crippen molar-refractivity contribution in [2.45, 2.75) is 27.7 Å². The fraction of sp³-hybridized carbons (Fsp3) is 0.105. The van der Waals surface area contributed by atoms with E-state index in [-0.39, 0.29) is 44.9 Å². The van der Waals surface area contributed by atoms with Crippen LogP contribution in [0.3, 0.4) is 0 Å². The van der Waals surface area contributed by atoms with Crippen molar-refractivity contribution in [3.05, 3.63) is 131 Å². The first-order valence-electron chi connectivity index (χ1n) is 13.9. The van der Waals surface area contributed by atoms with Crippen LogP contribution in [0.1, 0.15) is 49.9 Å². The topological polar surface area (TPSA) is 105 Å². The lowest BCUT2D eigenvalue weighted by Gasteiger charge is -2.15. The van der Waals surface area contributed by atoms with Gasteiger partial charge in [-0.1, -0.05) is 50.0 Å². The second kappa shape index (κ2) is 15.7. The second-order valence-corrected chi connectivity index (χ2v) is 10.3. The van der Waals surface area contributed by atoms with Crippen LogP contribution in [0.4, 0.5) is 8.78 Å². The molecule has 0 aliphatic rings. The van der Waals surface area contributed by atoms with Gasteiger partial charge < -0.3 is 18.9 Å². The van der Waals surface area contributed by atoms with Gasteiger partial charge in [0.1, 0.15) is 22.6 Å². The summed E-state index contributed by atoms with van der Waals surface area (Å²) in [5, 5.41) is 0. The summed E-state index contributed by atoms with van der Waals surface area (Å²) in [6, 6.07) is 11.4. The molecular formula is C38H28F2O8. The Balaban J connectivity index is 2.19. The molecule has 0 saturated heterocycles. The third kappa shape index (κ3) is 9.25. The zero-order chi connectivity index (χ0) is 35.7. The molecule has 48 heavy (non-hydrogen) atoms. The molecule has 0 radical (unpaired) electrons. The van der Waals surface area contributed by atoms with Gasteiger partial charge in [-0.3, -0.25) is 0 Å². The lowest BCUT2D eigenvalue weighted by atomic mass is 10.0. The third-order valence-corrected chi connectivity index (χ3v) is 5.87. The average Bonchev–Trinajstić information content (AvgIpc) is 3.03. The normalized spacial score (nSPS) is 9.79. The van der Waals surface area contributed by atoms with Crippen molar-refractivity contribution >= 4 is 23.9 Å². The largest absolute Gasteiger partial charge is 0.423 e. The summed E-state index contributed by atoms with van der Waals surface area (Å²) in [7, 11) is 0. The standard InChI is InChI=1S/C38H28F2O8/c1-21(2)35(41)45-27-15-9-25(10-16-27)13-19-29-31(39)33(47-37(43)23(5)6)30(34(32(29)40)48-38(44)24(7)8)20-14-26-11-17-28(18-12-26)46-36(42)22(3)4/h9-12,15-18H,1,3,5,7H2,2,4,6,8H3. The summed E-state index contributed by atoms with van der Waals surface area (Å²) < 4.78 is 52.8. The Morgan fingerprint density at radius 1 is 0.479 bits per heavy atom. The Morgan fingerprint density at radius 2 is 0.771 bits per heavy atom. The van der Waals surface area contributed by atoms with E-state index in [1.165, 1.54) is 76.2 Å². The van der Waals surface area contributed by atoms with Crippen molar-refractivity contribution in [3.8, 4) is 46.7 Å². The van der Waals surface area contributed by atoms with Crippen LogP contribution >= 0.6 is 0 Å². The van der Waals surface area contributed by atoms with Crippen LogP contribution < -0.4 is 18.9 Å². The lowest BCUT2D eigenvalue weighted by molar-refractivity contribution is -0.131. The molecular weight excluding hydrogens is 622 g/mol. The van der Waals surface area contributed by atoms with Crippen molar-refractivity contribution in [1.29, 1.82) is 0 Å². The van der Waals surface area contributed by atoms with E-state index in [4.69, 9.17) is 18.9 Å². The van der Waals surface area contributed by atoms with Gasteiger partial charge in [0.25, 0.3) is 0 Å². The van der Waals surface area contributed by atoms with Crippen LogP contribution in [-0.2, 0) is 19.2 Å². The summed E-state index contributed by atoms with van der Waals surface area (Å²) in [6.07, 6.45) is 0. The molecule has 0 N–H and O–H groups in total. The Bertz CT molecular complexity index is 1960. The number of halogens is 2. The molecule has 0 unspecified atom stereocenters. The van der Waals surface area contributed by atoms with Crippen LogP contribution in [0.15, 0.2) is 97.1 Å². The highest BCUT2D eigenvalue weighted by Gasteiger charge is 2.29. The molecule has 0 heterocycles. The SMILES string of the molecule is C=C(C)C(=O)Oc1ccc(C#Cc2c(F)c(OC(=O)C(=C)C)c(C#Cc3ccc(OC(=O)C(=C)C)cc3)c(OC(=O)C(=C)C)c2F)cc1. The van der Waals surface area contributed by atoms with Crippen LogP contribution in [0.5, 0.6) is 23.0 Å². The molecule has 0 aliphatic carbocycles. The number of benzene rings is 3. The predicted molar refractivity (Wildman–Crippen MR) is 173 cm³/mol. The number of hydrogen-bond donors (Lipinski definition) is 0. The maximum Gasteiger partial charge on any atom is 0.338 e. The maximum absolute atomic E-state index is 16.0. The molecule has 242 valence electrons. The molecule has 3 rings (SSSR count). The Kier molecular flexibility index (Phi) is 11.7. The zero-order valence-electron chi connectivity index (χ0n) is 26.5. The molecule has 0 amide bonds. The van der Waals surface area contributed by atoms with Crippen molar-refractivity contribution in [2.24, 2.45) is 0 Å². The van der Waals surface area contributed by atoms with Gasteiger partial charge in [-0.15, -0.1) is 0 Å². The molecule has 0 saturated carbocycles. The number of hydrogen-bond acceptors (Lipinski definition) is 8. The van der Waals surface area contributed by atoms with E-state index in [9.17, 15) is 19.2 Å². The van der Waals surface area contributed by atoms with Crippen LogP contribution in [0.25, 0.3) is 0 Å². The first kappa shape index (κ1) is 36.0. The highest BCUT2D eigenvalue weighted by Crippen LogP contribution is 2.38. The minimum atomic E-state index is -1.41. The zero-order valence-corrected chi connectivity index (χ0v) is 26.5. The van der Waals surface area contributed by atoms with Gasteiger partial charge in [-0.05, 0) is 76.2 Å². The molecule has 0 bridgehead atoms. The summed E-state index contributed by atoms with van der Waals surface area (Å²) in [4.78, 5) is 48.7. The van der Waals surface area contributed by atoms with Gasteiger partial charge in [0.15, 0.2) is 23.1 Å². The first-order valence-corrected chi connectivity index (χ1v) is 13.9. The highest BCUT2D eigenvalue weighted by atomic mass is 19.1. The number of carbonyl (C=O) groups is 4. The van der Waals surface area contributed by atoms with E-state index in [1.54, 1.807) is 0 Å². The quantitative estimate of drug-likeness (QED) is 0.115. The Morgan fingerprint density at radius 3 is 1.08 bits per heavy atom. The van der Waals surface area contributed by atoms with Gasteiger partial charge >= 0.3 is 23.9 Å². The fourth-order valence-electron chi connectivity index (χ4n) is 3.29. The van der Waals surface area contributed by atoms with Gasteiger partial charge in [0.2, 0.25) is 0 Å². The smallest absolute Gasteiger partial charge is 0.338 e. The van der Waals surface area contributed by atoms with Crippen LogP contribution in [0, 0.1) is 35.3 Å².